The van der Waals surface area contributed by atoms with Crippen LogP contribution >= 0.6 is 12.4 Å². The summed E-state index contributed by atoms with van der Waals surface area (Å²) < 4.78 is 0. The van der Waals surface area contributed by atoms with Gasteiger partial charge in [-0.2, -0.15) is 0 Å². The van der Waals surface area contributed by atoms with Crippen molar-refractivity contribution in [1.29, 1.82) is 0 Å². The van der Waals surface area contributed by atoms with Crippen LogP contribution < -0.4 is 5.32 Å². The van der Waals surface area contributed by atoms with Gasteiger partial charge in [-0.25, -0.2) is 4.98 Å². The molecule has 4 aromatic rings. The molecule has 0 bridgehead atoms. The summed E-state index contributed by atoms with van der Waals surface area (Å²) in [6, 6.07) is 17.8. The van der Waals surface area contributed by atoms with E-state index < -0.39 is 0 Å². The number of amides is 2. The minimum Gasteiger partial charge on any atom is -0.314 e. The number of pyridine rings is 1. The van der Waals surface area contributed by atoms with Gasteiger partial charge >= 0.3 is 0 Å². The summed E-state index contributed by atoms with van der Waals surface area (Å²) in [6.45, 7) is 5.38. The minimum atomic E-state index is -0.177. The van der Waals surface area contributed by atoms with E-state index in [0.29, 0.717) is 17.7 Å². The van der Waals surface area contributed by atoms with Crippen LogP contribution in [0.2, 0.25) is 0 Å². The Morgan fingerprint density at radius 1 is 0.818 bits per heavy atom. The number of hydrogen-bond acceptors (Lipinski definition) is 5. The van der Waals surface area contributed by atoms with E-state index in [2.05, 4.69) is 16.3 Å². The third kappa shape index (κ3) is 3.64. The molecule has 0 radical (unpaired) electrons. The normalized spacial score (nSPS) is 16.5. The van der Waals surface area contributed by atoms with Gasteiger partial charge in [0.05, 0.1) is 22.2 Å². The van der Waals surface area contributed by atoms with E-state index in [0.717, 1.165) is 71.7 Å². The van der Waals surface area contributed by atoms with E-state index in [1.807, 2.05) is 48.5 Å². The Morgan fingerprint density at radius 2 is 1.61 bits per heavy atom. The van der Waals surface area contributed by atoms with Gasteiger partial charge in [-0.05, 0) is 48.0 Å². The van der Waals surface area contributed by atoms with Gasteiger partial charge in [0.2, 0.25) is 0 Å². The number of fused-ring (bicyclic) bond motifs is 6. The lowest BCUT2D eigenvalue weighted by atomic mass is 9.97. The molecular formula is C26H25ClN4O2. The topological polar surface area (TPSA) is 65.5 Å². The van der Waals surface area contributed by atoms with Crippen molar-refractivity contribution >= 4 is 56.8 Å². The number of halogens is 1. The molecule has 1 aromatic heterocycles. The van der Waals surface area contributed by atoms with Crippen molar-refractivity contribution in [2.45, 2.75) is 6.42 Å². The van der Waals surface area contributed by atoms with Crippen molar-refractivity contribution in [2.24, 2.45) is 0 Å². The molecule has 7 heteroatoms. The van der Waals surface area contributed by atoms with Crippen LogP contribution in [0, 0.1) is 0 Å². The number of imide groups is 1. The molecule has 33 heavy (non-hydrogen) atoms. The second-order valence-corrected chi connectivity index (χ2v) is 8.60. The molecule has 3 heterocycles. The lowest BCUT2D eigenvalue weighted by molar-refractivity contribution is 0.0647. The molecule has 3 aromatic carbocycles. The van der Waals surface area contributed by atoms with E-state index in [-0.39, 0.29) is 24.2 Å². The molecule has 2 aliphatic rings. The Bertz CT molecular complexity index is 1400. The van der Waals surface area contributed by atoms with Crippen molar-refractivity contribution in [2.75, 3.05) is 39.3 Å². The highest BCUT2D eigenvalue weighted by molar-refractivity contribution is 6.28. The monoisotopic (exact) mass is 460 g/mol. The Labute approximate surface area is 198 Å². The van der Waals surface area contributed by atoms with Crippen LogP contribution in [0.3, 0.4) is 0 Å². The first-order chi connectivity index (χ1) is 15.7. The fourth-order valence-electron chi connectivity index (χ4n) is 5.03. The predicted octanol–water partition coefficient (Wildman–Crippen LogP) is 3.85. The van der Waals surface area contributed by atoms with E-state index in [9.17, 15) is 9.59 Å². The molecule has 1 saturated heterocycles. The quantitative estimate of drug-likeness (QED) is 0.284. The number of aromatic nitrogens is 1. The maximum atomic E-state index is 13.3. The molecule has 0 saturated carbocycles. The van der Waals surface area contributed by atoms with E-state index in [4.69, 9.17) is 4.98 Å². The smallest absolute Gasteiger partial charge is 0.262 e. The first-order valence-corrected chi connectivity index (χ1v) is 11.3. The average molecular weight is 461 g/mol. The zero-order valence-electron chi connectivity index (χ0n) is 18.2. The van der Waals surface area contributed by atoms with Crippen LogP contribution in [-0.2, 0) is 0 Å². The second kappa shape index (κ2) is 8.71. The Hall–Kier alpha value is -3.06. The molecule has 1 N–H and O–H groups in total. The van der Waals surface area contributed by atoms with Crippen molar-refractivity contribution in [3.63, 3.8) is 0 Å². The van der Waals surface area contributed by atoms with Crippen LogP contribution in [0.25, 0.3) is 32.6 Å². The Kier molecular flexibility index (Phi) is 5.74. The van der Waals surface area contributed by atoms with Crippen LogP contribution in [0.1, 0.15) is 27.1 Å². The molecule has 2 amide bonds. The second-order valence-electron chi connectivity index (χ2n) is 8.60. The maximum Gasteiger partial charge on any atom is 0.262 e. The van der Waals surface area contributed by atoms with Crippen molar-refractivity contribution < 1.29 is 9.59 Å². The standard InChI is InChI=1S/C26H24N4O2.ClH/c31-25-20-7-6-18-19(8-9-23-21(18)16-17-4-1-2-5-22(17)28-23)24(20)26(32)30(25)13-3-12-29-14-10-27-11-15-29;/h1-2,4-9,16,27H,3,10-15H2;1H. The number of rotatable bonds is 4. The predicted molar refractivity (Wildman–Crippen MR) is 133 cm³/mol. The molecule has 168 valence electrons. The summed E-state index contributed by atoms with van der Waals surface area (Å²) in [6.07, 6.45) is 0.794. The summed E-state index contributed by atoms with van der Waals surface area (Å²) in [5.74, 6) is -0.354. The van der Waals surface area contributed by atoms with Gasteiger partial charge in [-0.1, -0.05) is 30.3 Å². The number of benzene rings is 3. The molecule has 0 atom stereocenters. The van der Waals surface area contributed by atoms with E-state index in [1.54, 1.807) is 0 Å². The Balaban J connectivity index is 0.00000228. The highest BCUT2D eigenvalue weighted by Gasteiger charge is 2.36. The van der Waals surface area contributed by atoms with Crippen LogP contribution in [0.4, 0.5) is 0 Å². The fraction of sp³-hybridized carbons (Fsp3) is 0.269. The van der Waals surface area contributed by atoms with Gasteiger partial charge in [0.25, 0.3) is 11.8 Å². The third-order valence-corrected chi connectivity index (χ3v) is 6.70. The average Bonchev–Trinajstić information content (AvgIpc) is 3.08. The highest BCUT2D eigenvalue weighted by atomic mass is 35.5. The largest absolute Gasteiger partial charge is 0.314 e. The maximum absolute atomic E-state index is 13.3. The summed E-state index contributed by atoms with van der Waals surface area (Å²) >= 11 is 0. The Morgan fingerprint density at radius 3 is 2.45 bits per heavy atom. The zero-order valence-corrected chi connectivity index (χ0v) is 19.0. The SMILES string of the molecule is Cl.O=C1c2ccc3c(ccc4nc5ccccc5cc43)c2C(=O)N1CCCN1CCNCC1. The summed E-state index contributed by atoms with van der Waals surface area (Å²) in [7, 11) is 0. The minimum absolute atomic E-state index is 0. The highest BCUT2D eigenvalue weighted by Crippen LogP contribution is 2.34. The van der Waals surface area contributed by atoms with Gasteiger partial charge in [0.15, 0.2) is 0 Å². The number of hydrogen-bond donors (Lipinski definition) is 1. The number of para-hydroxylation sites is 1. The third-order valence-electron chi connectivity index (χ3n) is 6.70. The van der Waals surface area contributed by atoms with Crippen molar-refractivity contribution in [1.82, 2.24) is 20.1 Å². The zero-order chi connectivity index (χ0) is 21.7. The molecule has 1 fully saturated rings. The molecule has 0 unspecified atom stereocenters. The van der Waals surface area contributed by atoms with E-state index in [1.165, 1.54) is 4.90 Å². The van der Waals surface area contributed by atoms with Crippen LogP contribution in [0.15, 0.2) is 54.6 Å². The molecule has 2 aliphatic heterocycles. The number of nitrogens with one attached hydrogen (secondary N) is 1. The van der Waals surface area contributed by atoms with Gasteiger partial charge in [-0.15, -0.1) is 12.4 Å². The molecule has 6 rings (SSSR count). The summed E-state index contributed by atoms with van der Waals surface area (Å²) in [5.41, 5.74) is 2.88. The number of carbonyl (C=O) groups is 2. The molecule has 6 nitrogen and oxygen atoms in total. The number of piperazine rings is 1. The lowest BCUT2D eigenvalue weighted by Crippen LogP contribution is -2.44. The molecule has 0 aliphatic carbocycles. The van der Waals surface area contributed by atoms with Crippen molar-refractivity contribution in [3.05, 3.63) is 65.7 Å². The van der Waals surface area contributed by atoms with Crippen LogP contribution in [0.5, 0.6) is 0 Å². The van der Waals surface area contributed by atoms with Gasteiger partial charge in [0.1, 0.15) is 0 Å². The molecule has 0 spiro atoms. The van der Waals surface area contributed by atoms with Crippen molar-refractivity contribution in [3.8, 4) is 0 Å². The fourth-order valence-corrected chi connectivity index (χ4v) is 5.03. The van der Waals surface area contributed by atoms with Gasteiger partial charge in [-0.3, -0.25) is 14.5 Å². The number of nitrogens with zero attached hydrogens (tertiary/aromatic N) is 3. The summed E-state index contributed by atoms with van der Waals surface area (Å²) in [5, 5.41) is 7.20. The molecular weight excluding hydrogens is 436 g/mol. The first kappa shape index (κ1) is 21.8. The lowest BCUT2D eigenvalue weighted by Gasteiger charge is -2.27. The number of carbonyl (C=O) groups excluding carboxylic acids is 2. The van der Waals surface area contributed by atoms with E-state index >= 15 is 0 Å². The summed E-state index contributed by atoms with van der Waals surface area (Å²) in [4.78, 5) is 35.0. The first-order valence-electron chi connectivity index (χ1n) is 11.3. The van der Waals surface area contributed by atoms with Gasteiger partial charge in [0, 0.05) is 43.5 Å². The van der Waals surface area contributed by atoms with Gasteiger partial charge < -0.3 is 10.2 Å². The van der Waals surface area contributed by atoms with Crippen LogP contribution in [-0.4, -0.2) is 65.9 Å².